The molecule has 4 saturated carbocycles. The number of hydrogen-bond acceptors (Lipinski definition) is 7. The summed E-state index contributed by atoms with van der Waals surface area (Å²) in [5.74, 6) is 1.64. The Hall–Kier alpha value is -3.92. The van der Waals surface area contributed by atoms with Crippen LogP contribution in [-0.2, 0) is 19.7 Å². The van der Waals surface area contributed by atoms with E-state index in [4.69, 9.17) is 19.2 Å². The molecule has 4 fully saturated rings. The summed E-state index contributed by atoms with van der Waals surface area (Å²) in [4.78, 5) is 35.7. The van der Waals surface area contributed by atoms with Gasteiger partial charge in [0, 0.05) is 57.2 Å². The summed E-state index contributed by atoms with van der Waals surface area (Å²) in [5, 5.41) is 4.56. The molecule has 7 rings (SSSR count). The Kier molecular flexibility index (Phi) is 10.9. The molecule has 0 aliphatic heterocycles. The minimum atomic E-state index is -0.338. The Morgan fingerprint density at radius 3 is 2.32 bits per heavy atom. The molecule has 3 aromatic rings. The first-order valence-electron chi connectivity index (χ1n) is 18.4. The van der Waals surface area contributed by atoms with Gasteiger partial charge in [0.05, 0.1) is 19.9 Å². The van der Waals surface area contributed by atoms with Crippen LogP contribution < -0.4 is 9.64 Å². The Balaban J connectivity index is 1.20. The number of rotatable bonds is 12. The summed E-state index contributed by atoms with van der Waals surface area (Å²) < 4.78 is 18.4. The van der Waals surface area contributed by atoms with Gasteiger partial charge in [-0.15, -0.1) is 0 Å². The van der Waals surface area contributed by atoms with Gasteiger partial charge in [-0.1, -0.05) is 12.1 Å². The number of anilines is 1. The monoisotopic (exact) mass is 685 g/mol. The van der Waals surface area contributed by atoms with Crippen LogP contribution in [0.1, 0.15) is 95.2 Å². The third kappa shape index (κ3) is 7.55. The van der Waals surface area contributed by atoms with Crippen LogP contribution in [0, 0.1) is 18.3 Å². The highest BCUT2D eigenvalue weighted by Gasteiger charge is 2.51. The Bertz CT molecular complexity index is 1620. The smallest absolute Gasteiger partial charge is 0.409 e. The van der Waals surface area contributed by atoms with Gasteiger partial charge in [0.2, 0.25) is 5.91 Å². The number of carbonyl (C=O) groups is 2. The lowest BCUT2D eigenvalue weighted by Gasteiger charge is -2.55. The van der Waals surface area contributed by atoms with Crippen molar-refractivity contribution in [2.24, 2.45) is 11.3 Å². The normalized spacial score (nSPS) is 24.6. The quantitative estimate of drug-likeness (QED) is 0.192. The molecular weight excluding hydrogens is 630 g/mol. The van der Waals surface area contributed by atoms with Crippen molar-refractivity contribution < 1.29 is 23.8 Å². The molecule has 4 aliphatic carbocycles. The van der Waals surface area contributed by atoms with E-state index in [-0.39, 0.29) is 40.9 Å². The fraction of sp³-hybridized carbons (Fsp3) is 0.600. The third-order valence-corrected chi connectivity index (χ3v) is 11.9. The van der Waals surface area contributed by atoms with E-state index in [0.717, 1.165) is 55.4 Å². The molecule has 0 N–H and O–H groups in total. The number of likely N-dealkylation sites (N-methyl/N-ethyl adjacent to an activating group) is 1. The van der Waals surface area contributed by atoms with E-state index in [0.29, 0.717) is 51.2 Å². The molecule has 270 valence electrons. The molecule has 2 bridgehead atoms. The van der Waals surface area contributed by atoms with Crippen LogP contribution in [0.5, 0.6) is 5.75 Å². The van der Waals surface area contributed by atoms with Gasteiger partial charge in [0.15, 0.2) is 0 Å². The highest BCUT2D eigenvalue weighted by atomic mass is 16.6. The zero-order chi connectivity index (χ0) is 35.5. The van der Waals surface area contributed by atoms with Crippen molar-refractivity contribution >= 4 is 17.8 Å². The van der Waals surface area contributed by atoms with E-state index < -0.39 is 0 Å². The van der Waals surface area contributed by atoms with Crippen molar-refractivity contribution in [3.8, 4) is 16.9 Å². The first kappa shape index (κ1) is 35.9. The molecule has 2 amide bonds. The summed E-state index contributed by atoms with van der Waals surface area (Å²) in [7, 11) is 5.07. The maximum Gasteiger partial charge on any atom is 0.409 e. The molecule has 10 nitrogen and oxygen atoms in total. The predicted molar refractivity (Wildman–Crippen MR) is 194 cm³/mol. The van der Waals surface area contributed by atoms with Crippen molar-refractivity contribution in [2.75, 3.05) is 45.9 Å². The number of nitrogens with zero attached hydrogens (tertiary/aromatic N) is 5. The summed E-state index contributed by atoms with van der Waals surface area (Å²) in [6.45, 7) is 7.97. The first-order valence-corrected chi connectivity index (χ1v) is 18.4. The predicted octanol–water partition coefficient (Wildman–Crippen LogP) is 7.74. The second-order valence-corrected chi connectivity index (χ2v) is 15.4. The molecular formula is C40H55N5O5. The van der Waals surface area contributed by atoms with Gasteiger partial charge >= 0.3 is 6.09 Å². The number of carbonyl (C=O) groups excluding carboxylic acids is 2. The number of amides is 2. The largest absolute Gasteiger partial charge is 0.496 e. The number of methoxy groups -OCH3 is 2. The molecule has 0 saturated heterocycles. The fourth-order valence-electron chi connectivity index (χ4n) is 8.46. The van der Waals surface area contributed by atoms with Crippen molar-refractivity contribution in [1.82, 2.24) is 19.7 Å². The average Bonchev–Trinajstić information content (AvgIpc) is 3.65. The van der Waals surface area contributed by atoms with Gasteiger partial charge in [-0.3, -0.25) is 14.4 Å². The van der Waals surface area contributed by atoms with Crippen molar-refractivity contribution in [3.63, 3.8) is 0 Å². The zero-order valence-electron chi connectivity index (χ0n) is 30.8. The van der Waals surface area contributed by atoms with E-state index in [2.05, 4.69) is 56.3 Å². The Morgan fingerprint density at radius 2 is 1.70 bits per heavy atom. The third-order valence-electron chi connectivity index (χ3n) is 11.9. The van der Waals surface area contributed by atoms with Crippen LogP contribution in [0.15, 0.2) is 48.9 Å². The molecule has 0 radical (unpaired) electrons. The minimum absolute atomic E-state index is 0.0542. The van der Waals surface area contributed by atoms with Gasteiger partial charge in [-0.25, -0.2) is 9.78 Å². The topological polar surface area (TPSA) is 99.0 Å². The maximum atomic E-state index is 14.7. The lowest BCUT2D eigenvalue weighted by atomic mass is 9.51. The molecule has 0 spiro atoms. The highest BCUT2D eigenvalue weighted by Crippen LogP contribution is 2.58. The number of aryl methyl sites for hydroxylation is 1. The Labute approximate surface area is 297 Å². The number of aromatic nitrogens is 3. The molecule has 2 heterocycles. The number of hydrogen-bond donors (Lipinski definition) is 0. The number of fused-ring (bicyclic) bond motifs is 3. The summed E-state index contributed by atoms with van der Waals surface area (Å²) >= 11 is 0. The molecule has 50 heavy (non-hydrogen) atoms. The number of ether oxygens (including phenoxy) is 3. The van der Waals surface area contributed by atoms with Crippen LogP contribution in [-0.4, -0.2) is 78.7 Å². The number of benzene rings is 1. The van der Waals surface area contributed by atoms with Crippen molar-refractivity contribution in [1.29, 1.82) is 0 Å². The van der Waals surface area contributed by atoms with E-state index in [9.17, 15) is 9.59 Å². The van der Waals surface area contributed by atoms with Gasteiger partial charge in [0.1, 0.15) is 17.7 Å². The molecule has 4 aliphatic rings. The average molecular weight is 686 g/mol. The molecule has 0 unspecified atom stereocenters. The molecule has 1 aromatic carbocycles. The highest BCUT2D eigenvalue weighted by molar-refractivity contribution is 5.95. The SMILES string of the molecule is COCCN(C)C(=O)OC1CCC(C(=O)N(CC23CCC(c4ccc(OC)c(C)c4)(CC2)CC3)c2cc(-c3cnn(C(C)C)c3)ccn2)CC1. The number of pyridine rings is 1. The van der Waals surface area contributed by atoms with Crippen LogP contribution in [0.3, 0.4) is 0 Å². The molecule has 2 aromatic heterocycles. The van der Waals surface area contributed by atoms with Crippen molar-refractivity contribution in [2.45, 2.75) is 103 Å². The summed E-state index contributed by atoms with van der Waals surface area (Å²) in [5.41, 5.74) is 4.88. The first-order chi connectivity index (χ1) is 24.0. The van der Waals surface area contributed by atoms with Crippen LogP contribution in [0.4, 0.5) is 10.6 Å². The van der Waals surface area contributed by atoms with E-state index in [1.54, 1.807) is 26.2 Å². The lowest BCUT2D eigenvalue weighted by Crippen LogP contribution is -2.52. The van der Waals surface area contributed by atoms with Gasteiger partial charge in [0.25, 0.3) is 0 Å². The second-order valence-electron chi connectivity index (χ2n) is 15.4. The minimum Gasteiger partial charge on any atom is -0.496 e. The van der Waals surface area contributed by atoms with E-state index in [1.807, 2.05) is 28.0 Å². The molecule has 10 heteroatoms. The summed E-state index contributed by atoms with van der Waals surface area (Å²) in [6, 6.07) is 11.0. The van der Waals surface area contributed by atoms with Gasteiger partial charge < -0.3 is 19.1 Å². The Morgan fingerprint density at radius 1 is 0.980 bits per heavy atom. The van der Waals surface area contributed by atoms with E-state index >= 15 is 0 Å². The zero-order valence-corrected chi connectivity index (χ0v) is 30.8. The van der Waals surface area contributed by atoms with E-state index in [1.165, 1.54) is 11.1 Å². The van der Waals surface area contributed by atoms with Crippen molar-refractivity contribution in [3.05, 3.63) is 60.0 Å². The van der Waals surface area contributed by atoms with Crippen LogP contribution in [0.2, 0.25) is 0 Å². The van der Waals surface area contributed by atoms with Crippen LogP contribution in [0.25, 0.3) is 11.1 Å². The maximum absolute atomic E-state index is 14.7. The second kappa shape index (κ2) is 15.1. The molecule has 0 atom stereocenters. The fourth-order valence-corrected chi connectivity index (χ4v) is 8.46. The van der Waals surface area contributed by atoms with Crippen LogP contribution >= 0.6 is 0 Å². The lowest BCUT2D eigenvalue weighted by molar-refractivity contribution is -0.124. The summed E-state index contributed by atoms with van der Waals surface area (Å²) in [6.07, 6.45) is 14.6. The van der Waals surface area contributed by atoms with Gasteiger partial charge in [-0.2, -0.15) is 5.10 Å². The van der Waals surface area contributed by atoms with Gasteiger partial charge in [-0.05, 0) is 131 Å². The standard InChI is InChI=1S/C40H55N5O5/c1-28(2)45-26-32(25-42-45)31-13-20-41-36(24-31)44(37(46)30-7-10-34(11-8-30)50-38(47)43(4)21-22-48-5)27-39-14-17-40(18-15-39,19-16-39)33-9-12-35(49-6)29(3)23-33/h9,12-13,20,23-26,28,30,34H,7-8,10-11,14-19,21-22,27H2,1-6H3.